The maximum absolute atomic E-state index is 12.0. The third kappa shape index (κ3) is 3.53. The zero-order chi connectivity index (χ0) is 16.7. The molecule has 1 aromatic carbocycles. The van der Waals surface area contributed by atoms with Crippen molar-refractivity contribution in [2.24, 2.45) is 0 Å². The molecule has 1 amide bonds. The smallest absolute Gasteiger partial charge is 0.253 e. The van der Waals surface area contributed by atoms with Crippen LogP contribution in [0.2, 0.25) is 0 Å². The second-order valence-electron chi connectivity index (χ2n) is 4.33. The van der Waals surface area contributed by atoms with E-state index in [1.54, 1.807) is 44.4 Å². The second-order valence-corrected chi connectivity index (χ2v) is 4.33. The number of allylic oxidation sites excluding steroid dienone is 2. The monoisotopic (exact) mass is 295 g/mol. The van der Waals surface area contributed by atoms with Crippen LogP contribution in [0.3, 0.4) is 0 Å². The van der Waals surface area contributed by atoms with Crippen LogP contribution in [0.15, 0.2) is 29.5 Å². The first-order valence-corrected chi connectivity index (χ1v) is 6.09. The highest BCUT2D eigenvalue weighted by Gasteiger charge is 2.14. The third-order valence-corrected chi connectivity index (χ3v) is 2.70. The normalized spacial score (nSPS) is 8.73. The number of benzene rings is 1. The quantitative estimate of drug-likeness (QED) is 0.845. The Kier molecular flexibility index (Phi) is 5.51. The standard InChI is InChI=1S/C15H13N5O2/c1-20(2)15(21)10-4-5-14(22-3)12(6-10)19-13(9-18)11(7-16)8-17/h4-6,19H,1-3H3. The lowest BCUT2D eigenvalue weighted by molar-refractivity contribution is 0.0827. The van der Waals surface area contributed by atoms with Crippen molar-refractivity contribution in [1.82, 2.24) is 4.90 Å². The van der Waals surface area contributed by atoms with Crippen molar-refractivity contribution >= 4 is 11.6 Å². The molecular weight excluding hydrogens is 282 g/mol. The van der Waals surface area contributed by atoms with Gasteiger partial charge in [0, 0.05) is 19.7 Å². The molecule has 0 radical (unpaired) electrons. The van der Waals surface area contributed by atoms with Crippen LogP contribution in [-0.2, 0) is 0 Å². The summed E-state index contributed by atoms with van der Waals surface area (Å²) >= 11 is 0. The van der Waals surface area contributed by atoms with Gasteiger partial charge < -0.3 is 15.0 Å². The van der Waals surface area contributed by atoms with E-state index in [-0.39, 0.29) is 17.2 Å². The molecule has 0 aromatic heterocycles. The molecule has 0 aliphatic carbocycles. The van der Waals surface area contributed by atoms with E-state index >= 15 is 0 Å². The molecule has 0 atom stereocenters. The Bertz CT molecular complexity index is 729. The molecule has 22 heavy (non-hydrogen) atoms. The van der Waals surface area contributed by atoms with Crippen LogP contribution in [0.4, 0.5) is 5.69 Å². The summed E-state index contributed by atoms with van der Waals surface area (Å²) in [6.45, 7) is 0. The van der Waals surface area contributed by atoms with Crippen molar-refractivity contribution in [3.8, 4) is 24.0 Å². The van der Waals surface area contributed by atoms with Gasteiger partial charge >= 0.3 is 0 Å². The van der Waals surface area contributed by atoms with Gasteiger partial charge in [-0.25, -0.2) is 0 Å². The Morgan fingerprint density at radius 3 is 2.27 bits per heavy atom. The van der Waals surface area contributed by atoms with Crippen LogP contribution >= 0.6 is 0 Å². The van der Waals surface area contributed by atoms with Gasteiger partial charge in [-0.1, -0.05) is 0 Å². The largest absolute Gasteiger partial charge is 0.495 e. The summed E-state index contributed by atoms with van der Waals surface area (Å²) < 4.78 is 5.15. The molecule has 1 aromatic rings. The summed E-state index contributed by atoms with van der Waals surface area (Å²) in [4.78, 5) is 13.4. The molecule has 0 heterocycles. The Morgan fingerprint density at radius 2 is 1.82 bits per heavy atom. The van der Waals surface area contributed by atoms with E-state index < -0.39 is 0 Å². The molecule has 110 valence electrons. The Morgan fingerprint density at radius 1 is 1.18 bits per heavy atom. The Labute approximate surface area is 128 Å². The van der Waals surface area contributed by atoms with Crippen LogP contribution in [0.5, 0.6) is 5.75 Å². The summed E-state index contributed by atoms with van der Waals surface area (Å²) in [6.07, 6.45) is 0. The Balaban J connectivity index is 3.35. The topological polar surface area (TPSA) is 113 Å². The van der Waals surface area contributed by atoms with Crippen molar-refractivity contribution in [3.63, 3.8) is 0 Å². The van der Waals surface area contributed by atoms with E-state index in [4.69, 9.17) is 20.5 Å². The zero-order valence-electron chi connectivity index (χ0n) is 12.3. The summed E-state index contributed by atoms with van der Waals surface area (Å²) in [5.74, 6) is 0.146. The molecule has 0 aliphatic rings. The van der Waals surface area contributed by atoms with E-state index in [1.807, 2.05) is 0 Å². The van der Waals surface area contributed by atoms with Crippen LogP contribution < -0.4 is 10.1 Å². The first-order valence-electron chi connectivity index (χ1n) is 6.09. The van der Waals surface area contributed by atoms with Crippen molar-refractivity contribution in [2.45, 2.75) is 0 Å². The first-order chi connectivity index (χ1) is 10.5. The average Bonchev–Trinajstić information content (AvgIpc) is 2.53. The lowest BCUT2D eigenvalue weighted by atomic mass is 10.1. The lowest BCUT2D eigenvalue weighted by Gasteiger charge is -2.14. The highest BCUT2D eigenvalue weighted by Crippen LogP contribution is 2.27. The summed E-state index contributed by atoms with van der Waals surface area (Å²) in [5.41, 5.74) is 0.127. The number of carbonyl (C=O) groups excluding carboxylic acids is 1. The minimum atomic E-state index is -0.353. The first kappa shape index (κ1) is 16.6. The number of hydrogen-bond acceptors (Lipinski definition) is 6. The van der Waals surface area contributed by atoms with Gasteiger partial charge in [-0.05, 0) is 18.2 Å². The summed E-state index contributed by atoms with van der Waals surface area (Å²) in [5, 5.41) is 29.4. The summed E-state index contributed by atoms with van der Waals surface area (Å²) in [7, 11) is 4.66. The highest BCUT2D eigenvalue weighted by molar-refractivity contribution is 5.95. The molecule has 0 bridgehead atoms. The molecule has 1 rings (SSSR count). The number of hydrogen-bond donors (Lipinski definition) is 1. The Hall–Kier alpha value is -3.50. The van der Waals surface area contributed by atoms with Gasteiger partial charge in [0.2, 0.25) is 0 Å². The number of nitriles is 3. The molecule has 7 heteroatoms. The van der Waals surface area contributed by atoms with Gasteiger partial charge in [0.05, 0.1) is 12.8 Å². The predicted molar refractivity (Wildman–Crippen MR) is 78.5 cm³/mol. The number of carbonyl (C=O) groups is 1. The van der Waals surface area contributed by atoms with Gasteiger partial charge in [-0.3, -0.25) is 4.79 Å². The molecule has 1 N–H and O–H groups in total. The van der Waals surface area contributed by atoms with E-state index in [0.717, 1.165) is 0 Å². The maximum atomic E-state index is 12.0. The number of methoxy groups -OCH3 is 1. The van der Waals surface area contributed by atoms with Gasteiger partial charge in [0.25, 0.3) is 5.91 Å². The van der Waals surface area contributed by atoms with E-state index in [2.05, 4.69) is 5.32 Å². The number of rotatable bonds is 4. The van der Waals surface area contributed by atoms with E-state index in [1.165, 1.54) is 18.1 Å². The molecule has 0 saturated heterocycles. The van der Waals surface area contributed by atoms with Gasteiger partial charge in [0.15, 0.2) is 5.57 Å². The molecule has 0 aliphatic heterocycles. The van der Waals surface area contributed by atoms with Crippen molar-refractivity contribution < 1.29 is 9.53 Å². The third-order valence-electron chi connectivity index (χ3n) is 2.70. The average molecular weight is 295 g/mol. The fraction of sp³-hybridized carbons (Fsp3) is 0.200. The molecule has 7 nitrogen and oxygen atoms in total. The number of nitrogens with one attached hydrogen (secondary N) is 1. The number of anilines is 1. The van der Waals surface area contributed by atoms with Crippen molar-refractivity contribution in [2.75, 3.05) is 26.5 Å². The van der Waals surface area contributed by atoms with Gasteiger partial charge in [-0.2, -0.15) is 15.8 Å². The highest BCUT2D eigenvalue weighted by atomic mass is 16.5. The van der Waals surface area contributed by atoms with E-state index in [9.17, 15) is 4.79 Å². The number of nitrogens with zero attached hydrogens (tertiary/aromatic N) is 4. The SMILES string of the molecule is COc1ccc(C(=O)N(C)C)cc1NC(C#N)=C(C#N)C#N. The zero-order valence-corrected chi connectivity index (χ0v) is 12.3. The molecule has 0 spiro atoms. The number of amides is 1. The van der Waals surface area contributed by atoms with Crippen LogP contribution in [0.1, 0.15) is 10.4 Å². The number of ether oxygens (including phenoxy) is 1. The van der Waals surface area contributed by atoms with Gasteiger partial charge in [0.1, 0.15) is 29.7 Å². The molecular formula is C15H13N5O2. The minimum Gasteiger partial charge on any atom is -0.495 e. The fourth-order valence-corrected chi connectivity index (χ4v) is 1.61. The second kappa shape index (κ2) is 7.33. The van der Waals surface area contributed by atoms with Crippen molar-refractivity contribution in [3.05, 3.63) is 35.0 Å². The fourth-order valence-electron chi connectivity index (χ4n) is 1.61. The van der Waals surface area contributed by atoms with Crippen molar-refractivity contribution in [1.29, 1.82) is 15.8 Å². The molecule has 0 saturated carbocycles. The van der Waals surface area contributed by atoms with E-state index in [0.29, 0.717) is 17.0 Å². The molecule has 0 fully saturated rings. The predicted octanol–water partition coefficient (Wildman–Crippen LogP) is 1.63. The van der Waals surface area contributed by atoms with Crippen LogP contribution in [0.25, 0.3) is 0 Å². The maximum Gasteiger partial charge on any atom is 0.253 e. The van der Waals surface area contributed by atoms with Gasteiger partial charge in [-0.15, -0.1) is 0 Å². The lowest BCUT2D eigenvalue weighted by Crippen LogP contribution is -2.21. The minimum absolute atomic E-state index is 0.210. The van der Waals surface area contributed by atoms with Crippen LogP contribution in [0, 0.1) is 34.0 Å². The van der Waals surface area contributed by atoms with Crippen LogP contribution in [-0.4, -0.2) is 32.0 Å². The summed E-state index contributed by atoms with van der Waals surface area (Å²) in [6, 6.07) is 9.65. The molecule has 0 unspecified atom stereocenters.